The maximum absolute atomic E-state index is 13.3. The molecule has 1 aromatic carbocycles. The van der Waals surface area contributed by atoms with E-state index in [1.807, 2.05) is 0 Å². The van der Waals surface area contributed by atoms with Gasteiger partial charge in [0.25, 0.3) is 0 Å². The van der Waals surface area contributed by atoms with E-state index < -0.39 is 11.6 Å². The Balaban J connectivity index is 1.42. The molecule has 1 N–H and O–H groups in total. The zero-order valence-electron chi connectivity index (χ0n) is 12.6. The van der Waals surface area contributed by atoms with Crippen LogP contribution in [0.4, 0.5) is 14.6 Å². The van der Waals surface area contributed by atoms with Gasteiger partial charge >= 0.3 is 0 Å². The fourth-order valence-corrected chi connectivity index (χ4v) is 2.95. The quantitative estimate of drug-likeness (QED) is 0.936. The van der Waals surface area contributed by atoms with Crippen molar-refractivity contribution >= 4 is 16.9 Å². The minimum atomic E-state index is -0.917. The first-order valence-electron chi connectivity index (χ1n) is 7.90. The van der Waals surface area contributed by atoms with Crippen LogP contribution in [-0.4, -0.2) is 53.3 Å². The molecule has 1 aromatic heterocycles. The molecule has 1 aliphatic carbocycles. The number of morpholine rings is 1. The first-order valence-corrected chi connectivity index (χ1v) is 7.90. The fourth-order valence-electron chi connectivity index (χ4n) is 2.95. The van der Waals surface area contributed by atoms with E-state index in [4.69, 9.17) is 4.74 Å². The van der Waals surface area contributed by atoms with Crippen molar-refractivity contribution in [1.82, 2.24) is 14.9 Å². The third kappa shape index (κ3) is 3.25. The van der Waals surface area contributed by atoms with Gasteiger partial charge in [0.15, 0.2) is 11.6 Å². The van der Waals surface area contributed by atoms with Crippen molar-refractivity contribution in [3.05, 3.63) is 30.0 Å². The molecule has 0 unspecified atom stereocenters. The van der Waals surface area contributed by atoms with Gasteiger partial charge in [-0.05, 0) is 12.8 Å². The molecule has 2 heterocycles. The lowest BCUT2D eigenvalue weighted by Crippen LogP contribution is -2.46. The number of anilines is 1. The third-order valence-electron chi connectivity index (χ3n) is 4.33. The van der Waals surface area contributed by atoms with Crippen molar-refractivity contribution in [3.8, 4) is 0 Å². The van der Waals surface area contributed by atoms with Crippen LogP contribution in [0.2, 0.25) is 0 Å². The van der Waals surface area contributed by atoms with Crippen LogP contribution in [0.3, 0.4) is 0 Å². The Labute approximate surface area is 132 Å². The average Bonchev–Trinajstić information content (AvgIpc) is 3.39. The van der Waals surface area contributed by atoms with Crippen LogP contribution >= 0.6 is 0 Å². The Kier molecular flexibility index (Phi) is 3.82. The van der Waals surface area contributed by atoms with Gasteiger partial charge in [0, 0.05) is 37.8 Å². The minimum Gasteiger partial charge on any atom is -0.374 e. The molecule has 0 radical (unpaired) electrons. The molecular formula is C16H18F2N4O. The predicted molar refractivity (Wildman–Crippen MR) is 82.3 cm³/mol. The lowest BCUT2D eigenvalue weighted by atomic mass is 10.2. The maximum Gasteiger partial charge on any atom is 0.161 e. The minimum absolute atomic E-state index is 0.104. The summed E-state index contributed by atoms with van der Waals surface area (Å²) in [6, 6.07) is 2.85. The second-order valence-corrected chi connectivity index (χ2v) is 6.11. The molecule has 1 saturated heterocycles. The molecule has 1 aliphatic heterocycles. The summed E-state index contributed by atoms with van der Waals surface area (Å²) in [5.74, 6) is -1.29. The summed E-state index contributed by atoms with van der Waals surface area (Å²) in [4.78, 5) is 10.9. The van der Waals surface area contributed by atoms with Gasteiger partial charge in [0.2, 0.25) is 0 Å². The van der Waals surface area contributed by atoms with E-state index in [0.717, 1.165) is 37.9 Å². The van der Waals surface area contributed by atoms with Crippen molar-refractivity contribution in [2.75, 3.05) is 31.6 Å². The predicted octanol–water partition coefficient (Wildman–Crippen LogP) is 2.18. The Bertz CT molecular complexity index is 723. The molecule has 5 nitrogen and oxygen atoms in total. The van der Waals surface area contributed by atoms with E-state index in [9.17, 15) is 8.78 Å². The standard InChI is InChI=1S/C16H18F2N4O/c17-12-5-14-15(6-13(12)18)21-16(8-19-14)20-7-11-9-22(3-4-23-11)10-1-2-10/h5-6,8,10-11H,1-4,7,9H2,(H,20,21)/t11-/m0/s1. The van der Waals surface area contributed by atoms with E-state index in [2.05, 4.69) is 20.2 Å². The van der Waals surface area contributed by atoms with Gasteiger partial charge in [-0.2, -0.15) is 0 Å². The second kappa shape index (κ2) is 5.98. The summed E-state index contributed by atoms with van der Waals surface area (Å²) in [7, 11) is 0. The smallest absolute Gasteiger partial charge is 0.161 e. The number of halogens is 2. The van der Waals surface area contributed by atoms with Crippen molar-refractivity contribution in [2.24, 2.45) is 0 Å². The number of benzene rings is 1. The number of rotatable bonds is 4. The molecule has 0 spiro atoms. The zero-order valence-corrected chi connectivity index (χ0v) is 12.6. The van der Waals surface area contributed by atoms with E-state index >= 15 is 0 Å². The fraction of sp³-hybridized carbons (Fsp3) is 0.500. The second-order valence-electron chi connectivity index (χ2n) is 6.11. The number of hydrogen-bond acceptors (Lipinski definition) is 5. The topological polar surface area (TPSA) is 50.3 Å². The van der Waals surface area contributed by atoms with Crippen LogP contribution in [-0.2, 0) is 4.74 Å². The van der Waals surface area contributed by atoms with Gasteiger partial charge in [-0.15, -0.1) is 0 Å². The van der Waals surface area contributed by atoms with Gasteiger partial charge in [0.05, 0.1) is 29.9 Å². The summed E-state index contributed by atoms with van der Waals surface area (Å²) < 4.78 is 32.2. The van der Waals surface area contributed by atoms with Crippen LogP contribution in [0, 0.1) is 11.6 Å². The largest absolute Gasteiger partial charge is 0.374 e. The van der Waals surface area contributed by atoms with Crippen LogP contribution in [0.15, 0.2) is 18.3 Å². The average molecular weight is 320 g/mol. The number of nitrogens with zero attached hydrogens (tertiary/aromatic N) is 3. The van der Waals surface area contributed by atoms with Gasteiger partial charge < -0.3 is 10.1 Å². The Morgan fingerprint density at radius 1 is 1.22 bits per heavy atom. The van der Waals surface area contributed by atoms with Crippen molar-refractivity contribution in [3.63, 3.8) is 0 Å². The first-order chi connectivity index (χ1) is 11.2. The van der Waals surface area contributed by atoms with E-state index in [1.54, 1.807) is 0 Å². The Morgan fingerprint density at radius 3 is 2.78 bits per heavy atom. The van der Waals surface area contributed by atoms with Crippen LogP contribution < -0.4 is 5.32 Å². The van der Waals surface area contributed by atoms with Crippen molar-refractivity contribution < 1.29 is 13.5 Å². The molecule has 4 rings (SSSR count). The van der Waals surface area contributed by atoms with Gasteiger partial charge in [0.1, 0.15) is 5.82 Å². The summed E-state index contributed by atoms with van der Waals surface area (Å²) in [6.45, 7) is 3.28. The number of ether oxygens (including phenoxy) is 1. The summed E-state index contributed by atoms with van der Waals surface area (Å²) in [5.41, 5.74) is 0.668. The highest BCUT2D eigenvalue weighted by molar-refractivity contribution is 5.75. The number of nitrogens with one attached hydrogen (secondary N) is 1. The zero-order chi connectivity index (χ0) is 15.8. The van der Waals surface area contributed by atoms with Gasteiger partial charge in [-0.3, -0.25) is 9.88 Å². The number of aromatic nitrogens is 2. The SMILES string of the molecule is Fc1cc2ncc(NC[C@H]3CN(C4CC4)CCO3)nc2cc1F. The van der Waals surface area contributed by atoms with Crippen LogP contribution in [0.25, 0.3) is 11.0 Å². The summed E-state index contributed by atoms with van der Waals surface area (Å²) in [6.07, 6.45) is 4.21. The number of hydrogen-bond donors (Lipinski definition) is 1. The highest BCUT2D eigenvalue weighted by atomic mass is 19.2. The molecule has 2 aliphatic rings. The molecule has 7 heteroatoms. The van der Waals surface area contributed by atoms with Crippen LogP contribution in [0.5, 0.6) is 0 Å². The molecule has 1 saturated carbocycles. The van der Waals surface area contributed by atoms with Crippen LogP contribution in [0.1, 0.15) is 12.8 Å². The molecule has 2 fully saturated rings. The Morgan fingerprint density at radius 2 is 2.00 bits per heavy atom. The maximum atomic E-state index is 13.3. The number of fused-ring (bicyclic) bond motifs is 1. The summed E-state index contributed by atoms with van der Waals surface area (Å²) >= 11 is 0. The lowest BCUT2D eigenvalue weighted by Gasteiger charge is -2.33. The van der Waals surface area contributed by atoms with Gasteiger partial charge in [-0.25, -0.2) is 13.8 Å². The molecule has 23 heavy (non-hydrogen) atoms. The molecule has 1 atom stereocenters. The molecular weight excluding hydrogens is 302 g/mol. The highest BCUT2D eigenvalue weighted by Gasteiger charge is 2.32. The molecule has 0 amide bonds. The third-order valence-corrected chi connectivity index (χ3v) is 4.33. The summed E-state index contributed by atoms with van der Waals surface area (Å²) in [5, 5.41) is 3.18. The first kappa shape index (κ1) is 14.7. The van der Waals surface area contributed by atoms with Gasteiger partial charge in [-0.1, -0.05) is 0 Å². The van der Waals surface area contributed by atoms with E-state index in [-0.39, 0.29) is 6.10 Å². The van der Waals surface area contributed by atoms with E-state index in [1.165, 1.54) is 19.0 Å². The monoisotopic (exact) mass is 320 g/mol. The highest BCUT2D eigenvalue weighted by Crippen LogP contribution is 2.28. The Hall–Kier alpha value is -1.86. The molecule has 0 bridgehead atoms. The molecule has 122 valence electrons. The lowest BCUT2D eigenvalue weighted by molar-refractivity contribution is -0.0241. The van der Waals surface area contributed by atoms with Crippen molar-refractivity contribution in [1.29, 1.82) is 0 Å². The molecule has 2 aromatic rings. The van der Waals surface area contributed by atoms with E-state index in [0.29, 0.717) is 23.4 Å². The van der Waals surface area contributed by atoms with Crippen molar-refractivity contribution in [2.45, 2.75) is 25.0 Å². The normalized spacial score (nSPS) is 22.4.